The third-order valence-electron chi connectivity index (χ3n) is 4.70. The predicted molar refractivity (Wildman–Crippen MR) is 102 cm³/mol. The monoisotopic (exact) mass is 428 g/mol. The zero-order chi connectivity index (χ0) is 21.3. The number of nitro groups is 1. The summed E-state index contributed by atoms with van der Waals surface area (Å²) in [7, 11) is 0. The van der Waals surface area contributed by atoms with Crippen LogP contribution in [0.1, 0.15) is 15.9 Å². The molecule has 29 heavy (non-hydrogen) atoms. The van der Waals surface area contributed by atoms with Gasteiger partial charge in [0.2, 0.25) is 5.91 Å². The summed E-state index contributed by atoms with van der Waals surface area (Å²) in [6, 6.07) is 8.17. The maximum Gasteiger partial charge on any atom is 0.418 e. The highest BCUT2D eigenvalue weighted by molar-refractivity contribution is 6.31. The highest BCUT2D eigenvalue weighted by atomic mass is 35.5. The van der Waals surface area contributed by atoms with Crippen LogP contribution in [-0.4, -0.2) is 37.0 Å². The van der Waals surface area contributed by atoms with Gasteiger partial charge in [-0.05, 0) is 30.3 Å². The Morgan fingerprint density at radius 3 is 2.10 bits per heavy atom. The van der Waals surface area contributed by atoms with Crippen molar-refractivity contribution in [2.24, 2.45) is 5.73 Å². The molecule has 0 unspecified atom stereocenters. The van der Waals surface area contributed by atoms with Gasteiger partial charge in [0.25, 0.3) is 5.69 Å². The molecule has 0 saturated carbocycles. The van der Waals surface area contributed by atoms with Gasteiger partial charge in [0, 0.05) is 43.5 Å². The summed E-state index contributed by atoms with van der Waals surface area (Å²) in [4.78, 5) is 25.3. The van der Waals surface area contributed by atoms with Crippen molar-refractivity contribution in [2.75, 3.05) is 36.0 Å². The Hall–Kier alpha value is -3.01. The van der Waals surface area contributed by atoms with E-state index in [0.29, 0.717) is 37.8 Å². The number of carbonyl (C=O) groups excluding carboxylic acids is 1. The molecular formula is C18H16ClF3N4O3. The van der Waals surface area contributed by atoms with Crippen molar-refractivity contribution >= 4 is 34.6 Å². The first-order chi connectivity index (χ1) is 13.6. The fourth-order valence-corrected chi connectivity index (χ4v) is 3.48. The summed E-state index contributed by atoms with van der Waals surface area (Å²) < 4.78 is 39.1. The summed E-state index contributed by atoms with van der Waals surface area (Å²) in [5.41, 5.74) is 4.62. The number of nitro benzene ring substituents is 1. The van der Waals surface area contributed by atoms with Crippen LogP contribution in [0.2, 0.25) is 5.02 Å². The van der Waals surface area contributed by atoms with E-state index >= 15 is 0 Å². The third kappa shape index (κ3) is 4.37. The minimum atomic E-state index is -4.78. The van der Waals surface area contributed by atoms with Gasteiger partial charge in [-0.1, -0.05) is 11.6 Å². The van der Waals surface area contributed by atoms with Gasteiger partial charge >= 0.3 is 6.18 Å². The van der Waals surface area contributed by atoms with Crippen LogP contribution in [-0.2, 0) is 6.18 Å². The van der Waals surface area contributed by atoms with Crippen molar-refractivity contribution in [1.29, 1.82) is 0 Å². The number of nitrogens with zero attached hydrogens (tertiary/aromatic N) is 3. The molecule has 1 aliphatic rings. The maximum absolute atomic E-state index is 13.0. The number of halogens is 4. The molecule has 1 amide bonds. The number of primary amides is 1. The van der Waals surface area contributed by atoms with Gasteiger partial charge < -0.3 is 15.5 Å². The molecule has 2 aromatic carbocycles. The lowest BCUT2D eigenvalue weighted by Crippen LogP contribution is -2.46. The molecular weight excluding hydrogens is 413 g/mol. The average Bonchev–Trinajstić information content (AvgIpc) is 2.66. The van der Waals surface area contributed by atoms with Crippen LogP contribution in [0.15, 0.2) is 36.4 Å². The topological polar surface area (TPSA) is 92.7 Å². The molecule has 0 aliphatic carbocycles. The minimum Gasteiger partial charge on any atom is -0.368 e. The standard InChI is InChI=1S/C18H16ClF3N4O3/c19-14-10-15(16(26(28)29)9-13(14)18(20,21)22)25-7-5-24(6-8-25)12-3-1-11(2-4-12)17(23)27/h1-4,9-10H,5-8H2,(H2,23,27). The summed E-state index contributed by atoms with van der Waals surface area (Å²) >= 11 is 5.76. The Balaban J connectivity index is 1.80. The minimum absolute atomic E-state index is 0.0525. The first-order valence-electron chi connectivity index (χ1n) is 8.53. The number of hydrogen-bond donors (Lipinski definition) is 1. The second kappa shape index (κ2) is 7.78. The van der Waals surface area contributed by atoms with E-state index in [9.17, 15) is 28.1 Å². The molecule has 154 valence electrons. The number of nitrogens with two attached hydrogens (primary N) is 1. The quantitative estimate of drug-likeness (QED) is 0.592. The summed E-state index contributed by atoms with van der Waals surface area (Å²) in [6.45, 7) is 1.65. The Labute approximate surface area is 168 Å². The molecule has 2 aromatic rings. The van der Waals surface area contributed by atoms with Crippen molar-refractivity contribution in [1.82, 2.24) is 0 Å². The number of alkyl halides is 3. The average molecular weight is 429 g/mol. The lowest BCUT2D eigenvalue weighted by molar-refractivity contribution is -0.384. The number of carbonyl (C=O) groups is 1. The first kappa shape index (κ1) is 20.7. The van der Waals surface area contributed by atoms with Crippen molar-refractivity contribution in [2.45, 2.75) is 6.18 Å². The van der Waals surface area contributed by atoms with Gasteiger partial charge in [-0.3, -0.25) is 14.9 Å². The van der Waals surface area contributed by atoms with Crippen molar-refractivity contribution < 1.29 is 22.9 Å². The second-order valence-corrected chi connectivity index (χ2v) is 6.87. The molecule has 3 rings (SSSR count). The van der Waals surface area contributed by atoms with E-state index in [1.807, 2.05) is 4.90 Å². The second-order valence-electron chi connectivity index (χ2n) is 6.46. The molecule has 0 atom stereocenters. The highest BCUT2D eigenvalue weighted by Crippen LogP contribution is 2.41. The number of piperazine rings is 1. The van der Waals surface area contributed by atoms with E-state index in [0.717, 1.165) is 11.8 Å². The SMILES string of the molecule is NC(=O)c1ccc(N2CCN(c3cc(Cl)c(C(F)(F)F)cc3[N+](=O)[O-])CC2)cc1. The van der Waals surface area contributed by atoms with Crippen LogP contribution in [0.5, 0.6) is 0 Å². The smallest absolute Gasteiger partial charge is 0.368 e. The zero-order valence-electron chi connectivity index (χ0n) is 14.9. The molecule has 0 bridgehead atoms. The van der Waals surface area contributed by atoms with Gasteiger partial charge in [-0.2, -0.15) is 13.2 Å². The van der Waals surface area contributed by atoms with Gasteiger partial charge in [-0.25, -0.2) is 0 Å². The Morgan fingerprint density at radius 1 is 1.07 bits per heavy atom. The van der Waals surface area contributed by atoms with Crippen molar-refractivity contribution in [3.8, 4) is 0 Å². The molecule has 0 radical (unpaired) electrons. The Morgan fingerprint density at radius 2 is 1.62 bits per heavy atom. The molecule has 1 fully saturated rings. The summed E-state index contributed by atoms with van der Waals surface area (Å²) in [5.74, 6) is -0.534. The highest BCUT2D eigenvalue weighted by Gasteiger charge is 2.37. The van der Waals surface area contributed by atoms with Gasteiger partial charge in [0.15, 0.2) is 0 Å². The number of rotatable bonds is 4. The molecule has 1 aliphatic heterocycles. The molecule has 2 N–H and O–H groups in total. The third-order valence-corrected chi connectivity index (χ3v) is 5.02. The number of amides is 1. The van der Waals surface area contributed by atoms with Crippen LogP contribution >= 0.6 is 11.6 Å². The summed E-state index contributed by atoms with van der Waals surface area (Å²) in [6.07, 6.45) is -4.78. The normalized spacial score (nSPS) is 14.8. The Bertz CT molecular complexity index is 943. The number of hydrogen-bond acceptors (Lipinski definition) is 5. The molecule has 1 saturated heterocycles. The summed E-state index contributed by atoms with van der Waals surface area (Å²) in [5, 5.41) is 10.8. The molecule has 11 heteroatoms. The predicted octanol–water partition coefficient (Wildman–Crippen LogP) is 3.69. The van der Waals surface area contributed by atoms with Crippen LogP contribution in [0.4, 0.5) is 30.2 Å². The van der Waals surface area contributed by atoms with Gasteiger partial charge in [0.05, 0.1) is 15.5 Å². The zero-order valence-corrected chi connectivity index (χ0v) is 15.7. The van der Waals surface area contributed by atoms with E-state index in [2.05, 4.69) is 0 Å². The first-order valence-corrected chi connectivity index (χ1v) is 8.90. The van der Waals surface area contributed by atoms with Crippen LogP contribution < -0.4 is 15.5 Å². The molecule has 0 aromatic heterocycles. The lowest BCUT2D eigenvalue weighted by atomic mass is 10.1. The fourth-order valence-electron chi connectivity index (χ4n) is 3.21. The van der Waals surface area contributed by atoms with E-state index in [1.54, 1.807) is 29.2 Å². The van der Waals surface area contributed by atoms with Crippen LogP contribution in [0.3, 0.4) is 0 Å². The van der Waals surface area contributed by atoms with E-state index in [-0.39, 0.29) is 5.69 Å². The van der Waals surface area contributed by atoms with Crippen LogP contribution in [0.25, 0.3) is 0 Å². The molecule has 1 heterocycles. The van der Waals surface area contributed by atoms with Crippen molar-refractivity contribution in [3.05, 3.63) is 62.7 Å². The number of benzene rings is 2. The molecule has 0 spiro atoms. The van der Waals surface area contributed by atoms with Crippen molar-refractivity contribution in [3.63, 3.8) is 0 Å². The van der Waals surface area contributed by atoms with E-state index < -0.39 is 33.3 Å². The molecule has 7 nitrogen and oxygen atoms in total. The number of anilines is 2. The fraction of sp³-hybridized carbons (Fsp3) is 0.278. The maximum atomic E-state index is 13.0. The van der Waals surface area contributed by atoms with Gasteiger partial charge in [-0.15, -0.1) is 0 Å². The van der Waals surface area contributed by atoms with Crippen LogP contribution in [0, 0.1) is 10.1 Å². The van der Waals surface area contributed by atoms with E-state index in [4.69, 9.17) is 17.3 Å². The van der Waals surface area contributed by atoms with E-state index in [1.165, 1.54) is 0 Å². The van der Waals surface area contributed by atoms with Gasteiger partial charge in [0.1, 0.15) is 5.69 Å². The lowest BCUT2D eigenvalue weighted by Gasteiger charge is -2.37. The largest absolute Gasteiger partial charge is 0.418 e. The Kier molecular flexibility index (Phi) is 5.56.